The molecule has 0 saturated heterocycles. The van der Waals surface area contributed by atoms with E-state index >= 15 is 0 Å². The molecule has 0 aliphatic rings. The van der Waals surface area contributed by atoms with Crippen molar-refractivity contribution in [3.8, 4) is 0 Å². The first-order chi connectivity index (χ1) is 10.5. The van der Waals surface area contributed by atoms with Gasteiger partial charge in [-0.1, -0.05) is 35.9 Å². The van der Waals surface area contributed by atoms with Crippen molar-refractivity contribution in [1.82, 2.24) is 0 Å². The Kier molecular flexibility index (Phi) is 5.14. The van der Waals surface area contributed by atoms with Crippen LogP contribution in [0.15, 0.2) is 48.5 Å². The van der Waals surface area contributed by atoms with Crippen molar-refractivity contribution in [2.45, 2.75) is 12.5 Å². The summed E-state index contributed by atoms with van der Waals surface area (Å²) in [7, 11) is 0. The number of amides is 1. The van der Waals surface area contributed by atoms with Crippen molar-refractivity contribution >= 4 is 29.2 Å². The summed E-state index contributed by atoms with van der Waals surface area (Å²) in [6.45, 7) is 0. The molecule has 0 aromatic heterocycles. The maximum Gasteiger partial charge on any atom is 0.320 e. The van der Waals surface area contributed by atoms with Crippen LogP contribution in [0, 0.1) is 0 Å². The molecule has 0 heterocycles. The molecule has 114 valence electrons. The second-order valence-electron chi connectivity index (χ2n) is 4.78. The highest BCUT2D eigenvalue weighted by atomic mass is 35.5. The summed E-state index contributed by atoms with van der Waals surface area (Å²) in [6.07, 6.45) is 0.230. The maximum atomic E-state index is 12.1. The number of nitrogens with one attached hydrogen (secondary N) is 1. The third kappa shape index (κ3) is 4.07. The van der Waals surface area contributed by atoms with E-state index in [2.05, 4.69) is 5.32 Å². The Bertz CT molecular complexity index is 686. The molecule has 4 N–H and O–H groups in total. The summed E-state index contributed by atoms with van der Waals surface area (Å²) >= 11 is 5.97. The molecule has 0 aliphatic heterocycles. The van der Waals surface area contributed by atoms with Crippen LogP contribution in [-0.4, -0.2) is 23.0 Å². The minimum atomic E-state index is -1.05. The molecule has 2 aromatic rings. The van der Waals surface area contributed by atoms with E-state index in [0.717, 1.165) is 5.56 Å². The summed E-state index contributed by atoms with van der Waals surface area (Å²) in [5.74, 6) is -1.35. The molecule has 0 spiro atoms. The first-order valence-electron chi connectivity index (χ1n) is 6.60. The molecule has 0 fully saturated rings. The number of carboxylic acid groups (broad SMARTS) is 1. The molecule has 0 saturated carbocycles. The van der Waals surface area contributed by atoms with Gasteiger partial charge in [-0.3, -0.25) is 9.59 Å². The monoisotopic (exact) mass is 318 g/mol. The average Bonchev–Trinajstić information content (AvgIpc) is 2.49. The molecule has 5 nitrogen and oxygen atoms in total. The van der Waals surface area contributed by atoms with Crippen molar-refractivity contribution in [1.29, 1.82) is 0 Å². The molecule has 6 heteroatoms. The lowest BCUT2D eigenvalue weighted by Crippen LogP contribution is -2.32. The van der Waals surface area contributed by atoms with E-state index in [-0.39, 0.29) is 12.3 Å². The zero-order valence-corrected chi connectivity index (χ0v) is 12.4. The van der Waals surface area contributed by atoms with E-state index in [9.17, 15) is 9.59 Å². The number of hydrogen-bond acceptors (Lipinski definition) is 3. The Morgan fingerprint density at radius 1 is 1.14 bits per heavy atom. The van der Waals surface area contributed by atoms with Gasteiger partial charge in [0, 0.05) is 5.69 Å². The molecule has 0 aliphatic carbocycles. The second-order valence-corrected chi connectivity index (χ2v) is 5.19. The first-order valence-corrected chi connectivity index (χ1v) is 6.98. The number of aliphatic carboxylic acids is 1. The SMILES string of the molecule is NC(Cc1ccc(NC(=O)c2ccccc2Cl)cc1)C(=O)O. The van der Waals surface area contributed by atoms with Crippen molar-refractivity contribution in [3.05, 3.63) is 64.7 Å². The number of rotatable bonds is 5. The highest BCUT2D eigenvalue weighted by molar-refractivity contribution is 6.34. The first kappa shape index (κ1) is 16.0. The van der Waals surface area contributed by atoms with E-state index in [1.54, 1.807) is 48.5 Å². The number of carbonyl (C=O) groups excluding carboxylic acids is 1. The molecule has 0 radical (unpaired) electrons. The lowest BCUT2D eigenvalue weighted by Gasteiger charge is -2.09. The summed E-state index contributed by atoms with van der Waals surface area (Å²) in [5, 5.41) is 11.9. The third-order valence-corrected chi connectivity index (χ3v) is 3.43. The lowest BCUT2D eigenvalue weighted by molar-refractivity contribution is -0.138. The second kappa shape index (κ2) is 7.06. The minimum absolute atomic E-state index is 0.230. The van der Waals surface area contributed by atoms with E-state index in [0.29, 0.717) is 16.3 Å². The van der Waals surface area contributed by atoms with Gasteiger partial charge in [0.2, 0.25) is 0 Å². The largest absolute Gasteiger partial charge is 0.480 e. The van der Waals surface area contributed by atoms with Gasteiger partial charge in [-0.15, -0.1) is 0 Å². The van der Waals surface area contributed by atoms with Gasteiger partial charge in [0.15, 0.2) is 0 Å². The van der Waals surface area contributed by atoms with Gasteiger partial charge in [-0.25, -0.2) is 0 Å². The Balaban J connectivity index is 2.04. The molecule has 0 bridgehead atoms. The number of anilines is 1. The summed E-state index contributed by atoms with van der Waals surface area (Å²) < 4.78 is 0. The van der Waals surface area contributed by atoms with E-state index in [1.165, 1.54) is 0 Å². The van der Waals surface area contributed by atoms with Crippen LogP contribution in [-0.2, 0) is 11.2 Å². The van der Waals surface area contributed by atoms with Gasteiger partial charge in [0.05, 0.1) is 10.6 Å². The topological polar surface area (TPSA) is 92.4 Å². The number of halogens is 1. The van der Waals surface area contributed by atoms with Crippen molar-refractivity contribution < 1.29 is 14.7 Å². The van der Waals surface area contributed by atoms with Gasteiger partial charge in [-0.05, 0) is 36.2 Å². The predicted molar refractivity (Wildman–Crippen MR) is 85.2 cm³/mol. The third-order valence-electron chi connectivity index (χ3n) is 3.10. The standard InChI is InChI=1S/C16H15ClN2O3/c17-13-4-2-1-3-12(13)15(20)19-11-7-5-10(6-8-11)9-14(18)16(21)22/h1-8,14H,9,18H2,(H,19,20)(H,21,22). The maximum absolute atomic E-state index is 12.1. The number of carboxylic acids is 1. The Morgan fingerprint density at radius 3 is 2.36 bits per heavy atom. The van der Waals surface area contributed by atoms with Gasteiger partial charge in [0.25, 0.3) is 5.91 Å². The number of nitrogens with two attached hydrogens (primary N) is 1. The zero-order chi connectivity index (χ0) is 16.1. The molecule has 1 unspecified atom stereocenters. The smallest absolute Gasteiger partial charge is 0.320 e. The Morgan fingerprint density at radius 2 is 1.77 bits per heavy atom. The van der Waals surface area contributed by atoms with E-state index in [1.807, 2.05) is 0 Å². The lowest BCUT2D eigenvalue weighted by atomic mass is 10.1. The van der Waals surface area contributed by atoms with Crippen LogP contribution in [0.25, 0.3) is 0 Å². The summed E-state index contributed by atoms with van der Waals surface area (Å²) in [4.78, 5) is 22.8. The molecule has 1 atom stereocenters. The highest BCUT2D eigenvalue weighted by Crippen LogP contribution is 2.17. The number of carbonyl (C=O) groups is 2. The van der Waals surface area contributed by atoms with Crippen LogP contribution >= 0.6 is 11.6 Å². The zero-order valence-electron chi connectivity index (χ0n) is 11.6. The highest BCUT2D eigenvalue weighted by Gasteiger charge is 2.13. The molecule has 2 rings (SSSR count). The predicted octanol–water partition coefficient (Wildman–Crippen LogP) is 2.55. The van der Waals surface area contributed by atoms with Crippen molar-refractivity contribution in [2.24, 2.45) is 5.73 Å². The Hall–Kier alpha value is -2.37. The molecule has 2 aromatic carbocycles. The van der Waals surface area contributed by atoms with E-state index < -0.39 is 12.0 Å². The van der Waals surface area contributed by atoms with Crippen molar-refractivity contribution in [2.75, 3.05) is 5.32 Å². The fourth-order valence-electron chi connectivity index (χ4n) is 1.91. The number of hydrogen-bond donors (Lipinski definition) is 3. The average molecular weight is 319 g/mol. The van der Waals surface area contributed by atoms with Crippen LogP contribution in [0.4, 0.5) is 5.69 Å². The summed E-state index contributed by atoms with van der Waals surface area (Å²) in [5.41, 5.74) is 7.24. The van der Waals surface area contributed by atoms with Gasteiger partial charge in [-0.2, -0.15) is 0 Å². The van der Waals surface area contributed by atoms with Crippen LogP contribution in [0.3, 0.4) is 0 Å². The fraction of sp³-hybridized carbons (Fsp3) is 0.125. The van der Waals surface area contributed by atoms with Gasteiger partial charge < -0.3 is 16.2 Å². The van der Waals surface area contributed by atoms with Crippen LogP contribution in [0.5, 0.6) is 0 Å². The molecular weight excluding hydrogens is 304 g/mol. The summed E-state index contributed by atoms with van der Waals surface area (Å²) in [6, 6.07) is 12.7. The number of benzene rings is 2. The van der Waals surface area contributed by atoms with Crippen molar-refractivity contribution in [3.63, 3.8) is 0 Å². The van der Waals surface area contributed by atoms with Gasteiger partial charge in [0.1, 0.15) is 6.04 Å². The fourth-order valence-corrected chi connectivity index (χ4v) is 2.13. The molecule has 22 heavy (non-hydrogen) atoms. The minimum Gasteiger partial charge on any atom is -0.480 e. The quantitative estimate of drug-likeness (QED) is 0.790. The van der Waals surface area contributed by atoms with Crippen LogP contribution < -0.4 is 11.1 Å². The van der Waals surface area contributed by atoms with Crippen LogP contribution in [0.1, 0.15) is 15.9 Å². The van der Waals surface area contributed by atoms with Gasteiger partial charge >= 0.3 is 5.97 Å². The van der Waals surface area contributed by atoms with E-state index in [4.69, 9.17) is 22.4 Å². The normalized spacial score (nSPS) is 11.7. The van der Waals surface area contributed by atoms with Crippen LogP contribution in [0.2, 0.25) is 5.02 Å². The molecule has 1 amide bonds. The Labute approximate surface area is 132 Å². The molecular formula is C16H15ClN2O3.